The number of carbonyl (C=O) groups excluding carboxylic acids is 4. The summed E-state index contributed by atoms with van der Waals surface area (Å²) in [7, 11) is -9.93. The average Bonchev–Trinajstić information content (AvgIpc) is 0.900. The van der Waals surface area contributed by atoms with E-state index in [1.807, 2.05) is 0 Å². The predicted octanol–water partition coefficient (Wildman–Crippen LogP) is 26.6. The van der Waals surface area contributed by atoms with E-state index < -0.39 is 97.5 Å². The molecule has 0 heterocycles. The molecule has 0 saturated heterocycles. The molecule has 0 bridgehead atoms. The number of unbranched alkanes of at least 4 members (excludes halogenated alkanes) is 55. The predicted molar refractivity (Wildman–Crippen MR) is 437 cm³/mol. The Bertz CT molecular complexity index is 2030. The second kappa shape index (κ2) is 78.3. The molecule has 0 fully saturated rings. The van der Waals surface area contributed by atoms with Gasteiger partial charge in [0.1, 0.15) is 19.3 Å². The fraction of sp³-hybridized carbons (Fsp3) is 0.954. The van der Waals surface area contributed by atoms with Crippen molar-refractivity contribution in [3.05, 3.63) is 0 Å². The van der Waals surface area contributed by atoms with E-state index in [0.29, 0.717) is 25.7 Å². The van der Waals surface area contributed by atoms with Gasteiger partial charge in [-0.3, -0.25) is 37.3 Å². The van der Waals surface area contributed by atoms with Gasteiger partial charge in [-0.1, -0.05) is 414 Å². The molecular formula is C87H170O17P2. The zero-order chi connectivity index (χ0) is 77.8. The van der Waals surface area contributed by atoms with Crippen LogP contribution in [0.2, 0.25) is 0 Å². The first-order chi connectivity index (χ1) is 51.4. The highest BCUT2D eigenvalue weighted by atomic mass is 31.2. The van der Waals surface area contributed by atoms with Crippen LogP contribution in [0.25, 0.3) is 0 Å². The third-order valence-corrected chi connectivity index (χ3v) is 22.7. The fourth-order valence-electron chi connectivity index (χ4n) is 13.6. The van der Waals surface area contributed by atoms with Gasteiger partial charge in [-0.2, -0.15) is 0 Å². The molecule has 3 unspecified atom stereocenters. The van der Waals surface area contributed by atoms with Crippen molar-refractivity contribution in [1.82, 2.24) is 0 Å². The van der Waals surface area contributed by atoms with E-state index in [1.165, 1.54) is 283 Å². The van der Waals surface area contributed by atoms with E-state index in [1.54, 1.807) is 0 Å². The van der Waals surface area contributed by atoms with Gasteiger partial charge in [-0.05, 0) is 37.5 Å². The maximum absolute atomic E-state index is 13.2. The Morgan fingerprint density at radius 2 is 0.481 bits per heavy atom. The normalized spacial score (nSPS) is 14.1. The van der Waals surface area contributed by atoms with Gasteiger partial charge in [0.05, 0.1) is 26.4 Å². The lowest BCUT2D eigenvalue weighted by Crippen LogP contribution is -2.30. The first-order valence-corrected chi connectivity index (χ1v) is 48.0. The molecule has 0 aliphatic carbocycles. The maximum Gasteiger partial charge on any atom is 0.472 e. The molecule has 6 atom stereocenters. The minimum Gasteiger partial charge on any atom is -0.462 e. The van der Waals surface area contributed by atoms with Gasteiger partial charge in [0.25, 0.3) is 0 Å². The molecule has 19 heteroatoms. The SMILES string of the molecule is CCCCCCCCCCCCCCCCCCCCCCC(=O)O[C@H](COC(=O)CCCCCCCCCCCCCCCCCC(C)C)COP(=O)(O)OC[C@@H](O)COP(=O)(O)OC[C@@H](COC(=O)CCCCCCCCCCC(C)CC)OC(=O)CCCCCCCCCCCCCCCCCC. The number of hydrogen-bond acceptors (Lipinski definition) is 15. The molecule has 0 amide bonds. The van der Waals surface area contributed by atoms with Crippen LogP contribution in [-0.4, -0.2) is 96.7 Å². The number of aliphatic hydroxyl groups is 1. The number of carbonyl (C=O) groups is 4. The molecule has 0 aliphatic rings. The molecule has 0 saturated carbocycles. The molecule has 0 spiro atoms. The van der Waals surface area contributed by atoms with Crippen LogP contribution in [0, 0.1) is 11.8 Å². The van der Waals surface area contributed by atoms with E-state index >= 15 is 0 Å². The van der Waals surface area contributed by atoms with E-state index in [-0.39, 0.29) is 25.7 Å². The largest absolute Gasteiger partial charge is 0.472 e. The van der Waals surface area contributed by atoms with E-state index in [2.05, 4.69) is 41.5 Å². The van der Waals surface area contributed by atoms with Crippen LogP contribution in [0.4, 0.5) is 0 Å². The second-order valence-electron chi connectivity index (χ2n) is 32.0. The molecule has 0 aromatic carbocycles. The van der Waals surface area contributed by atoms with Gasteiger partial charge in [0.2, 0.25) is 0 Å². The Morgan fingerprint density at radius 1 is 0.274 bits per heavy atom. The Morgan fingerprint density at radius 3 is 0.717 bits per heavy atom. The van der Waals surface area contributed by atoms with Gasteiger partial charge in [-0.25, -0.2) is 9.13 Å². The zero-order valence-corrected chi connectivity index (χ0v) is 71.5. The summed E-state index contributed by atoms with van der Waals surface area (Å²) in [6.45, 7) is 9.71. The van der Waals surface area contributed by atoms with Gasteiger partial charge >= 0.3 is 39.5 Å². The summed E-state index contributed by atoms with van der Waals surface area (Å²) in [6, 6.07) is 0. The number of phosphoric ester groups is 2. The van der Waals surface area contributed by atoms with Crippen LogP contribution in [0.15, 0.2) is 0 Å². The van der Waals surface area contributed by atoms with Gasteiger partial charge in [0, 0.05) is 25.7 Å². The summed E-state index contributed by atoms with van der Waals surface area (Å²) in [5.74, 6) is -0.516. The number of hydrogen-bond donors (Lipinski definition) is 3. The number of phosphoric acid groups is 2. The van der Waals surface area contributed by atoms with Gasteiger partial charge in [-0.15, -0.1) is 0 Å². The van der Waals surface area contributed by atoms with Crippen molar-refractivity contribution < 1.29 is 80.2 Å². The standard InChI is InChI=1S/C87H170O17P2/c1-7-10-12-14-16-18-20-22-24-26-27-28-29-33-38-42-46-54-60-66-72-86(91)103-82(75-97-84(89)69-63-57-51-44-40-36-34-30-31-35-39-43-49-55-61-67-79(4)5)77-101-105(93,94)99-73-81(88)74-100-106(95,96)102-78-83(76-98-85(90)70-64-58-52-48-47-50-56-62-68-80(6)9-3)104-87(92)71-65-59-53-45-41-37-32-25-23-21-19-17-15-13-11-8-2/h79-83,88H,7-78H2,1-6H3,(H,93,94)(H,95,96)/t80?,81-,82-,83-/m1/s1. The Hall–Kier alpha value is -1.94. The summed E-state index contributed by atoms with van der Waals surface area (Å²) in [6.07, 6.45) is 70.7. The highest BCUT2D eigenvalue weighted by Gasteiger charge is 2.30. The molecule has 630 valence electrons. The van der Waals surface area contributed by atoms with Crippen molar-refractivity contribution in [3.8, 4) is 0 Å². The molecular weight excluding hydrogens is 1380 g/mol. The molecule has 0 aromatic rings. The van der Waals surface area contributed by atoms with Crippen LogP contribution in [0.3, 0.4) is 0 Å². The van der Waals surface area contributed by atoms with Crippen LogP contribution < -0.4 is 0 Å². The summed E-state index contributed by atoms with van der Waals surface area (Å²) >= 11 is 0. The van der Waals surface area contributed by atoms with Crippen molar-refractivity contribution in [2.24, 2.45) is 11.8 Å². The number of ether oxygens (including phenoxy) is 4. The first-order valence-electron chi connectivity index (χ1n) is 45.0. The number of esters is 4. The summed E-state index contributed by atoms with van der Waals surface area (Å²) < 4.78 is 69.0. The lowest BCUT2D eigenvalue weighted by Gasteiger charge is -2.21. The molecule has 106 heavy (non-hydrogen) atoms. The van der Waals surface area contributed by atoms with Crippen molar-refractivity contribution >= 4 is 39.5 Å². The molecule has 3 N–H and O–H groups in total. The summed E-state index contributed by atoms with van der Waals surface area (Å²) in [4.78, 5) is 73.3. The minimum absolute atomic E-state index is 0.108. The number of rotatable bonds is 86. The van der Waals surface area contributed by atoms with E-state index in [4.69, 9.17) is 37.0 Å². The van der Waals surface area contributed by atoms with Crippen LogP contribution in [0.5, 0.6) is 0 Å². The molecule has 0 radical (unpaired) electrons. The molecule has 17 nitrogen and oxygen atoms in total. The van der Waals surface area contributed by atoms with Crippen molar-refractivity contribution in [1.29, 1.82) is 0 Å². The first kappa shape index (κ1) is 104. The molecule has 0 rings (SSSR count). The Balaban J connectivity index is 5.26. The van der Waals surface area contributed by atoms with Crippen LogP contribution in [0.1, 0.15) is 465 Å². The zero-order valence-electron chi connectivity index (χ0n) is 69.7. The molecule has 0 aliphatic heterocycles. The van der Waals surface area contributed by atoms with E-state index in [9.17, 15) is 43.2 Å². The number of aliphatic hydroxyl groups excluding tert-OH is 1. The molecule has 0 aromatic heterocycles. The maximum atomic E-state index is 13.2. The van der Waals surface area contributed by atoms with Crippen molar-refractivity contribution in [2.75, 3.05) is 39.6 Å². The van der Waals surface area contributed by atoms with Crippen molar-refractivity contribution in [3.63, 3.8) is 0 Å². The van der Waals surface area contributed by atoms with Crippen molar-refractivity contribution in [2.45, 2.75) is 484 Å². The summed E-state index contributed by atoms with van der Waals surface area (Å²) in [5.41, 5.74) is 0. The Labute approximate surface area is 651 Å². The quantitative estimate of drug-likeness (QED) is 0.0222. The lowest BCUT2D eigenvalue weighted by atomic mass is 9.99. The summed E-state index contributed by atoms with van der Waals surface area (Å²) in [5, 5.41) is 10.7. The second-order valence-corrected chi connectivity index (χ2v) is 34.9. The third kappa shape index (κ3) is 78.7. The highest BCUT2D eigenvalue weighted by Crippen LogP contribution is 2.45. The monoisotopic (exact) mass is 1550 g/mol. The van der Waals surface area contributed by atoms with Gasteiger partial charge in [0.15, 0.2) is 12.2 Å². The third-order valence-electron chi connectivity index (χ3n) is 20.8. The minimum atomic E-state index is -4.97. The van der Waals surface area contributed by atoms with Gasteiger partial charge < -0.3 is 33.8 Å². The fourth-order valence-corrected chi connectivity index (χ4v) is 15.1. The smallest absolute Gasteiger partial charge is 0.462 e. The van der Waals surface area contributed by atoms with E-state index in [0.717, 1.165) is 102 Å². The van der Waals surface area contributed by atoms with Crippen LogP contribution >= 0.6 is 15.6 Å². The highest BCUT2D eigenvalue weighted by molar-refractivity contribution is 7.47. The average molecular weight is 1550 g/mol. The topological polar surface area (TPSA) is 237 Å². The van der Waals surface area contributed by atoms with Crippen LogP contribution in [-0.2, 0) is 65.4 Å². The Kier molecular flexibility index (Phi) is 76.9. The lowest BCUT2D eigenvalue weighted by molar-refractivity contribution is -0.161.